The van der Waals surface area contributed by atoms with E-state index in [4.69, 9.17) is 0 Å². The van der Waals surface area contributed by atoms with E-state index >= 15 is 0 Å². The molecule has 0 heterocycles. The summed E-state index contributed by atoms with van der Waals surface area (Å²) in [6, 6.07) is 19.4. The van der Waals surface area contributed by atoms with Gasteiger partial charge in [-0.3, -0.25) is 0 Å². The quantitative estimate of drug-likeness (QED) is 0.753. The van der Waals surface area contributed by atoms with E-state index in [2.05, 4.69) is 0 Å². The van der Waals surface area contributed by atoms with E-state index in [1.807, 2.05) is 78.9 Å². The molecule has 0 saturated heterocycles. The summed E-state index contributed by atoms with van der Waals surface area (Å²) in [5.41, 5.74) is 1.13. The molecule has 0 N–H and O–H groups in total. The van der Waals surface area contributed by atoms with Crippen LogP contribution < -0.4 is 0 Å². The van der Waals surface area contributed by atoms with Gasteiger partial charge in [0, 0.05) is 10.3 Å². The maximum atomic E-state index is 11.8. The van der Waals surface area contributed by atoms with Crippen LogP contribution in [0.25, 0.3) is 6.08 Å². The Labute approximate surface area is 110 Å². The predicted molar refractivity (Wildman–Crippen MR) is 77.5 cm³/mol. The van der Waals surface area contributed by atoms with Gasteiger partial charge >= 0.3 is 0 Å². The summed E-state index contributed by atoms with van der Waals surface area (Å²) in [6.07, 6.45) is 5.70. The van der Waals surface area contributed by atoms with Gasteiger partial charge in [0.15, 0.2) is 0 Å². The van der Waals surface area contributed by atoms with Gasteiger partial charge in [0.05, 0.1) is 10.8 Å². The lowest BCUT2D eigenvalue weighted by Gasteiger charge is -1.93. The van der Waals surface area contributed by atoms with Crippen LogP contribution in [0.4, 0.5) is 0 Å². The lowest BCUT2D eigenvalue weighted by atomic mass is 10.2. The summed E-state index contributed by atoms with van der Waals surface area (Å²) in [5, 5.41) is 1.69. The molecule has 0 aliphatic heterocycles. The van der Waals surface area contributed by atoms with Crippen LogP contribution in [0.1, 0.15) is 5.56 Å². The van der Waals surface area contributed by atoms with Crippen LogP contribution in [0.2, 0.25) is 0 Å². The van der Waals surface area contributed by atoms with Gasteiger partial charge in [0.2, 0.25) is 0 Å². The monoisotopic (exact) mass is 254 g/mol. The van der Waals surface area contributed by atoms with Gasteiger partial charge in [-0.1, -0.05) is 66.8 Å². The molecule has 2 rings (SSSR count). The van der Waals surface area contributed by atoms with Gasteiger partial charge in [0.1, 0.15) is 0 Å². The molecule has 0 aliphatic carbocycles. The molecule has 0 saturated carbocycles. The van der Waals surface area contributed by atoms with Gasteiger partial charge in [-0.25, -0.2) is 4.21 Å². The first-order valence-electron chi connectivity index (χ1n) is 5.72. The van der Waals surface area contributed by atoms with Gasteiger partial charge in [-0.2, -0.15) is 0 Å². The predicted octanol–water partition coefficient (Wildman–Crippen LogP) is 4.02. The molecule has 0 bridgehead atoms. The van der Waals surface area contributed by atoms with Crippen molar-refractivity contribution in [3.05, 3.63) is 83.8 Å². The van der Waals surface area contributed by atoms with Gasteiger partial charge in [0.25, 0.3) is 0 Å². The average molecular weight is 254 g/mol. The highest BCUT2D eigenvalue weighted by molar-refractivity contribution is 7.88. The molecule has 2 aromatic carbocycles. The molecule has 0 spiro atoms. The van der Waals surface area contributed by atoms with Crippen LogP contribution in [0, 0.1) is 0 Å². The summed E-state index contributed by atoms with van der Waals surface area (Å²) in [6.45, 7) is 0. The van der Waals surface area contributed by atoms with E-state index in [1.165, 1.54) is 0 Å². The molecule has 1 atom stereocenters. The average Bonchev–Trinajstić information content (AvgIpc) is 2.45. The Morgan fingerprint density at radius 1 is 0.778 bits per heavy atom. The highest BCUT2D eigenvalue weighted by Crippen LogP contribution is 2.07. The van der Waals surface area contributed by atoms with Gasteiger partial charge in [-0.05, 0) is 17.7 Å². The largest absolute Gasteiger partial charge is 0.250 e. The third kappa shape index (κ3) is 3.82. The fourth-order valence-corrected chi connectivity index (χ4v) is 2.30. The highest BCUT2D eigenvalue weighted by atomic mass is 32.2. The first-order chi connectivity index (χ1) is 8.86. The molecule has 0 aromatic heterocycles. The van der Waals surface area contributed by atoms with Crippen molar-refractivity contribution in [3.63, 3.8) is 0 Å². The number of benzene rings is 2. The molecule has 90 valence electrons. The van der Waals surface area contributed by atoms with E-state index in [9.17, 15) is 4.21 Å². The van der Waals surface area contributed by atoms with Crippen molar-refractivity contribution in [2.75, 3.05) is 0 Å². The zero-order valence-electron chi connectivity index (χ0n) is 9.90. The van der Waals surface area contributed by atoms with Crippen LogP contribution in [-0.4, -0.2) is 4.21 Å². The number of rotatable bonds is 4. The third-order valence-corrected chi connectivity index (χ3v) is 3.52. The molecule has 2 aromatic rings. The summed E-state index contributed by atoms with van der Waals surface area (Å²) < 4.78 is 11.8. The zero-order chi connectivity index (χ0) is 12.6. The van der Waals surface area contributed by atoms with Crippen molar-refractivity contribution in [2.24, 2.45) is 0 Å². The normalized spacial score (nSPS) is 13.1. The second-order valence-electron chi connectivity index (χ2n) is 3.71. The number of hydrogen-bond acceptors (Lipinski definition) is 1. The van der Waals surface area contributed by atoms with Crippen molar-refractivity contribution >= 4 is 16.9 Å². The molecule has 0 aliphatic rings. The fraction of sp³-hybridized carbons (Fsp3) is 0. The van der Waals surface area contributed by atoms with Crippen LogP contribution >= 0.6 is 0 Å². The summed E-state index contributed by atoms with van der Waals surface area (Å²) in [4.78, 5) is 0.821. The molecular weight excluding hydrogens is 240 g/mol. The molecule has 0 fully saturated rings. The molecule has 1 nitrogen and oxygen atoms in total. The Kier molecular flexibility index (Phi) is 4.68. The van der Waals surface area contributed by atoms with E-state index in [0.29, 0.717) is 0 Å². The minimum Gasteiger partial charge on any atom is -0.250 e. The Hall–Kier alpha value is -1.93. The van der Waals surface area contributed by atoms with Crippen LogP contribution in [-0.2, 0) is 10.8 Å². The smallest absolute Gasteiger partial charge is 0.0775 e. The SMILES string of the molecule is O=S(C=CC=Cc1ccccc1)c1ccccc1. The minimum absolute atomic E-state index is 0.821. The van der Waals surface area contributed by atoms with Crippen molar-refractivity contribution in [2.45, 2.75) is 4.90 Å². The standard InChI is InChI=1S/C16H14OS/c17-18(16-12-5-2-6-13-16)14-8-7-11-15-9-3-1-4-10-15/h1-14H. The Balaban J connectivity index is 1.96. The van der Waals surface area contributed by atoms with Crippen molar-refractivity contribution < 1.29 is 4.21 Å². The number of allylic oxidation sites excluding steroid dienone is 2. The van der Waals surface area contributed by atoms with Gasteiger partial charge in [-0.15, -0.1) is 0 Å². The van der Waals surface area contributed by atoms with Crippen molar-refractivity contribution in [1.82, 2.24) is 0 Å². The van der Waals surface area contributed by atoms with E-state index in [-0.39, 0.29) is 0 Å². The first-order valence-corrected chi connectivity index (χ1v) is 6.93. The third-order valence-electron chi connectivity index (χ3n) is 2.38. The van der Waals surface area contributed by atoms with Crippen LogP contribution in [0.5, 0.6) is 0 Å². The maximum Gasteiger partial charge on any atom is 0.0775 e. The molecular formula is C16H14OS. The maximum absolute atomic E-state index is 11.8. The first kappa shape index (κ1) is 12.5. The Morgan fingerprint density at radius 3 is 2.06 bits per heavy atom. The van der Waals surface area contributed by atoms with Crippen molar-refractivity contribution in [3.8, 4) is 0 Å². The number of hydrogen-bond donors (Lipinski definition) is 0. The zero-order valence-corrected chi connectivity index (χ0v) is 10.7. The second kappa shape index (κ2) is 6.72. The molecule has 2 heteroatoms. The topological polar surface area (TPSA) is 17.1 Å². The summed E-state index contributed by atoms with van der Waals surface area (Å²) in [7, 11) is -1.07. The minimum atomic E-state index is -1.07. The molecule has 0 amide bonds. The highest BCUT2D eigenvalue weighted by Gasteiger charge is 1.95. The second-order valence-corrected chi connectivity index (χ2v) is 5.05. The van der Waals surface area contributed by atoms with E-state index in [0.717, 1.165) is 10.5 Å². The fourth-order valence-electron chi connectivity index (χ4n) is 1.48. The Morgan fingerprint density at radius 2 is 1.39 bits per heavy atom. The van der Waals surface area contributed by atoms with Gasteiger partial charge < -0.3 is 0 Å². The lowest BCUT2D eigenvalue weighted by Crippen LogP contribution is -1.83. The van der Waals surface area contributed by atoms with Crippen LogP contribution in [0.15, 0.2) is 83.1 Å². The molecule has 0 radical (unpaired) electrons. The van der Waals surface area contributed by atoms with Crippen LogP contribution in [0.3, 0.4) is 0 Å². The van der Waals surface area contributed by atoms with E-state index in [1.54, 1.807) is 5.41 Å². The molecule has 18 heavy (non-hydrogen) atoms. The Bertz CT molecular complexity index is 556. The molecule has 1 unspecified atom stereocenters. The van der Waals surface area contributed by atoms with E-state index < -0.39 is 10.8 Å². The lowest BCUT2D eigenvalue weighted by molar-refractivity contribution is 0.688. The van der Waals surface area contributed by atoms with Crippen molar-refractivity contribution in [1.29, 1.82) is 0 Å². The summed E-state index contributed by atoms with van der Waals surface area (Å²) in [5.74, 6) is 0. The summed E-state index contributed by atoms with van der Waals surface area (Å²) >= 11 is 0.